The van der Waals surface area contributed by atoms with Crippen molar-refractivity contribution in [3.05, 3.63) is 108 Å². The van der Waals surface area contributed by atoms with Crippen molar-refractivity contribution in [2.45, 2.75) is 11.8 Å². The van der Waals surface area contributed by atoms with Crippen molar-refractivity contribution in [1.29, 1.82) is 0 Å². The third-order valence-corrected chi connectivity index (χ3v) is 9.14. The number of carbonyl (C=O) groups is 1. The van der Waals surface area contributed by atoms with Crippen LogP contribution in [0.3, 0.4) is 0 Å². The zero-order chi connectivity index (χ0) is 29.7. The Morgan fingerprint density at radius 3 is 2.31 bits per heavy atom. The number of thiazole rings is 1. The van der Waals surface area contributed by atoms with Crippen LogP contribution in [0.2, 0.25) is 0 Å². The highest BCUT2D eigenvalue weighted by molar-refractivity contribution is 7.92. The maximum absolute atomic E-state index is 13.8. The third-order valence-electron chi connectivity index (χ3n) is 6.35. The molecular weight excluding hydrogens is 572 g/mol. The van der Waals surface area contributed by atoms with Crippen LogP contribution < -0.4 is 18.8 Å². The van der Waals surface area contributed by atoms with Gasteiger partial charge >= 0.3 is 0 Å². The Bertz CT molecular complexity index is 1820. The van der Waals surface area contributed by atoms with Crippen molar-refractivity contribution in [2.24, 2.45) is 5.10 Å². The average Bonchev–Trinajstić information content (AvgIpc) is 3.45. The molecule has 0 saturated carbocycles. The van der Waals surface area contributed by atoms with Crippen molar-refractivity contribution < 1.29 is 22.7 Å². The summed E-state index contributed by atoms with van der Waals surface area (Å²) in [7, 11) is -0.764. The number of methoxy groups -OCH3 is 1. The molecule has 0 aliphatic carbocycles. The number of para-hydroxylation sites is 1. The molecule has 0 unspecified atom stereocenters. The molecule has 0 radical (unpaired) electrons. The number of hydrazone groups is 1. The monoisotopic (exact) mass is 600 g/mol. The van der Waals surface area contributed by atoms with Gasteiger partial charge in [-0.25, -0.2) is 13.4 Å². The van der Waals surface area contributed by atoms with E-state index < -0.39 is 15.9 Å². The minimum atomic E-state index is -3.84. The van der Waals surface area contributed by atoms with Gasteiger partial charge in [-0.2, -0.15) is 10.1 Å². The van der Waals surface area contributed by atoms with Crippen LogP contribution in [0.5, 0.6) is 11.5 Å². The molecule has 0 bridgehead atoms. The predicted octanol–water partition coefficient (Wildman–Crippen LogP) is 6.21. The van der Waals surface area contributed by atoms with E-state index >= 15 is 0 Å². The number of hydrogen-bond acceptors (Lipinski definition) is 8. The molecule has 9 nitrogen and oxygen atoms in total. The second kappa shape index (κ2) is 12.4. The summed E-state index contributed by atoms with van der Waals surface area (Å²) in [5.74, 6) is 0.935. The van der Waals surface area contributed by atoms with E-state index in [1.54, 1.807) is 43.7 Å². The topological polar surface area (TPSA) is 101 Å². The summed E-state index contributed by atoms with van der Waals surface area (Å²) in [6.07, 6.45) is 1.56. The lowest BCUT2D eigenvalue weighted by Gasteiger charge is -2.19. The number of benzene rings is 4. The van der Waals surface area contributed by atoms with Crippen LogP contribution in [0.4, 0.5) is 10.8 Å². The maximum atomic E-state index is 13.8. The number of fused-ring (bicyclic) bond motifs is 1. The van der Waals surface area contributed by atoms with Crippen LogP contribution in [-0.2, 0) is 10.0 Å². The highest BCUT2D eigenvalue weighted by Gasteiger charge is 2.24. The Balaban J connectivity index is 1.47. The van der Waals surface area contributed by atoms with Crippen LogP contribution in [0.25, 0.3) is 10.2 Å². The van der Waals surface area contributed by atoms with Gasteiger partial charge in [-0.3, -0.25) is 9.10 Å². The molecule has 42 heavy (non-hydrogen) atoms. The molecule has 0 N–H and O–H groups in total. The first kappa shape index (κ1) is 28.8. The zero-order valence-corrected chi connectivity index (χ0v) is 24.8. The zero-order valence-electron chi connectivity index (χ0n) is 23.2. The van der Waals surface area contributed by atoms with Crippen LogP contribution >= 0.6 is 11.3 Å². The Morgan fingerprint density at radius 2 is 1.64 bits per heavy atom. The SMILES string of the molecule is CCOc1ccc(/C=N/N(C(=O)c2ccc(S(=O)(=O)N(C)c3ccccc3)cc2)c2nc3ccc(OC)cc3s2)cc1. The fourth-order valence-electron chi connectivity index (χ4n) is 4.07. The molecule has 0 atom stereocenters. The smallest absolute Gasteiger partial charge is 0.280 e. The van der Waals surface area contributed by atoms with E-state index in [0.717, 1.165) is 16.0 Å². The van der Waals surface area contributed by atoms with Crippen LogP contribution in [0.1, 0.15) is 22.8 Å². The highest BCUT2D eigenvalue weighted by Crippen LogP contribution is 2.33. The lowest BCUT2D eigenvalue weighted by atomic mass is 10.2. The summed E-state index contributed by atoms with van der Waals surface area (Å²) >= 11 is 1.29. The van der Waals surface area contributed by atoms with E-state index in [4.69, 9.17) is 9.47 Å². The van der Waals surface area contributed by atoms with Crippen molar-refractivity contribution in [3.8, 4) is 11.5 Å². The van der Waals surface area contributed by atoms with Crippen LogP contribution in [-0.4, -0.2) is 46.3 Å². The highest BCUT2D eigenvalue weighted by atomic mass is 32.2. The molecule has 0 spiro atoms. The van der Waals surface area contributed by atoms with E-state index in [1.165, 1.54) is 52.0 Å². The number of rotatable bonds is 10. The quantitative estimate of drug-likeness (QED) is 0.140. The van der Waals surface area contributed by atoms with E-state index in [9.17, 15) is 13.2 Å². The fraction of sp³-hybridized carbons (Fsp3) is 0.129. The first-order valence-corrected chi connectivity index (χ1v) is 15.3. The molecule has 1 heterocycles. The molecule has 1 amide bonds. The molecular formula is C31H28N4O5S2. The largest absolute Gasteiger partial charge is 0.497 e. The number of carbonyl (C=O) groups excluding carboxylic acids is 1. The first-order chi connectivity index (χ1) is 20.3. The molecule has 11 heteroatoms. The van der Waals surface area contributed by atoms with Gasteiger partial charge < -0.3 is 9.47 Å². The van der Waals surface area contributed by atoms with Gasteiger partial charge in [-0.15, -0.1) is 0 Å². The normalized spacial score (nSPS) is 11.5. The standard InChI is InChI=1S/C31H28N4O5S2/c1-4-40-25-14-10-22(11-15-25)21-32-35(31-33-28-19-16-26(39-3)20-29(28)41-31)30(36)23-12-17-27(18-13-23)42(37,38)34(2)24-8-6-5-7-9-24/h5-21H,4H2,1-3H3/b32-21+. The maximum Gasteiger partial charge on any atom is 0.280 e. The number of aromatic nitrogens is 1. The van der Waals surface area contributed by atoms with Gasteiger partial charge in [-0.1, -0.05) is 29.5 Å². The van der Waals surface area contributed by atoms with Crippen LogP contribution in [0.15, 0.2) is 107 Å². The summed E-state index contributed by atoms with van der Waals surface area (Å²) in [5, 5.41) is 6.07. The third kappa shape index (κ3) is 6.12. The predicted molar refractivity (Wildman–Crippen MR) is 167 cm³/mol. The summed E-state index contributed by atoms with van der Waals surface area (Å²) in [4.78, 5) is 18.5. The molecule has 5 aromatic rings. The Kier molecular flexibility index (Phi) is 8.51. The van der Waals surface area contributed by atoms with Gasteiger partial charge in [0.15, 0.2) is 0 Å². The molecule has 4 aromatic carbocycles. The first-order valence-electron chi connectivity index (χ1n) is 13.0. The second-order valence-corrected chi connectivity index (χ2v) is 12.0. The van der Waals surface area contributed by atoms with Crippen molar-refractivity contribution in [3.63, 3.8) is 0 Å². The van der Waals surface area contributed by atoms with E-state index in [1.807, 2.05) is 49.4 Å². The number of sulfonamides is 1. The second-order valence-electron chi connectivity index (χ2n) is 9.03. The van der Waals surface area contributed by atoms with E-state index in [0.29, 0.717) is 28.7 Å². The van der Waals surface area contributed by atoms with E-state index in [-0.39, 0.29) is 10.5 Å². The Morgan fingerprint density at radius 1 is 0.952 bits per heavy atom. The van der Waals surface area contributed by atoms with Crippen molar-refractivity contribution in [2.75, 3.05) is 30.1 Å². The van der Waals surface area contributed by atoms with Gasteiger partial charge in [0.2, 0.25) is 5.13 Å². The van der Waals surface area contributed by atoms with Crippen molar-refractivity contribution >= 4 is 54.5 Å². The molecule has 214 valence electrons. The van der Waals surface area contributed by atoms with Crippen LogP contribution in [0, 0.1) is 0 Å². The minimum Gasteiger partial charge on any atom is -0.497 e. The Labute approximate surface area is 248 Å². The van der Waals surface area contributed by atoms with Gasteiger partial charge in [-0.05, 0) is 91.3 Å². The average molecular weight is 601 g/mol. The summed E-state index contributed by atoms with van der Waals surface area (Å²) < 4.78 is 39.3. The van der Waals surface area contributed by atoms with E-state index in [2.05, 4.69) is 10.1 Å². The number of amides is 1. The molecule has 0 saturated heterocycles. The molecule has 1 aromatic heterocycles. The van der Waals surface area contributed by atoms with Gasteiger partial charge in [0.1, 0.15) is 11.5 Å². The molecule has 0 aliphatic rings. The summed E-state index contributed by atoms with van der Waals surface area (Å²) in [6, 6.07) is 27.3. The molecule has 5 rings (SSSR count). The number of nitrogens with zero attached hydrogens (tertiary/aromatic N) is 4. The fourth-order valence-corrected chi connectivity index (χ4v) is 6.21. The van der Waals surface area contributed by atoms with Gasteiger partial charge in [0.25, 0.3) is 15.9 Å². The molecule has 0 aliphatic heterocycles. The summed E-state index contributed by atoms with van der Waals surface area (Å²) in [6.45, 7) is 2.47. The Hall–Kier alpha value is -4.74. The lowest BCUT2D eigenvalue weighted by Crippen LogP contribution is -2.27. The minimum absolute atomic E-state index is 0.0573. The summed E-state index contributed by atoms with van der Waals surface area (Å²) in [5.41, 5.74) is 2.22. The number of ether oxygens (including phenoxy) is 2. The van der Waals surface area contributed by atoms with Crippen molar-refractivity contribution in [1.82, 2.24) is 4.98 Å². The lowest BCUT2D eigenvalue weighted by molar-refractivity contribution is 0.0987. The van der Waals surface area contributed by atoms with Gasteiger partial charge in [0.05, 0.1) is 40.7 Å². The molecule has 0 fully saturated rings. The number of hydrogen-bond donors (Lipinski definition) is 0. The number of anilines is 2. The van der Waals surface area contributed by atoms with Gasteiger partial charge in [0, 0.05) is 12.6 Å².